The van der Waals surface area contributed by atoms with Crippen molar-refractivity contribution in [3.63, 3.8) is 0 Å². The smallest absolute Gasteiger partial charge is 0.402 e. The number of likely N-dealkylation sites (tertiary alicyclic amines) is 2. The first-order chi connectivity index (χ1) is 17.4. The van der Waals surface area contributed by atoms with Gasteiger partial charge in [0.15, 0.2) is 0 Å². The minimum atomic E-state index is -2.79. The third-order valence-electron chi connectivity index (χ3n) is 6.49. The summed E-state index contributed by atoms with van der Waals surface area (Å²) < 4.78 is 32.3. The average Bonchev–Trinajstić information content (AvgIpc) is 3.43. The van der Waals surface area contributed by atoms with Crippen molar-refractivity contribution in [2.75, 3.05) is 26.2 Å². The van der Waals surface area contributed by atoms with Crippen molar-refractivity contribution in [1.29, 1.82) is 5.26 Å². The molecule has 0 unspecified atom stereocenters. The van der Waals surface area contributed by atoms with E-state index in [2.05, 4.69) is 10.6 Å². The van der Waals surface area contributed by atoms with Gasteiger partial charge in [0.1, 0.15) is 17.9 Å². The highest BCUT2D eigenvalue weighted by molar-refractivity contribution is 6.32. The lowest BCUT2D eigenvalue weighted by molar-refractivity contribution is -0.125. The number of nitrogens with zero attached hydrogens (tertiary/aromatic N) is 3. The summed E-state index contributed by atoms with van der Waals surface area (Å²) in [6.45, 7) is 3.56. The number of alkyl halides is 2. The van der Waals surface area contributed by atoms with E-state index in [1.54, 1.807) is 43.0 Å². The van der Waals surface area contributed by atoms with Gasteiger partial charge < -0.3 is 30.2 Å². The first kappa shape index (κ1) is 28.5. The van der Waals surface area contributed by atoms with E-state index in [4.69, 9.17) is 4.65 Å². The van der Waals surface area contributed by atoms with Gasteiger partial charge in [-0.2, -0.15) is 5.26 Å². The van der Waals surface area contributed by atoms with Crippen LogP contribution < -0.4 is 10.6 Å². The number of urea groups is 1. The van der Waals surface area contributed by atoms with E-state index in [0.717, 1.165) is 5.56 Å². The Hall–Kier alpha value is -3.05. The number of hydrogen-bond acceptors (Lipinski definition) is 7. The van der Waals surface area contributed by atoms with Crippen LogP contribution in [0.25, 0.3) is 0 Å². The predicted octanol–water partition coefficient (Wildman–Crippen LogP) is 1.01. The Balaban J connectivity index is 1.56. The zero-order chi connectivity index (χ0) is 27.2. The molecule has 4 N–H and O–H groups in total. The molecule has 3 amide bonds. The van der Waals surface area contributed by atoms with E-state index < -0.39 is 49.5 Å². The first-order valence-electron chi connectivity index (χ1n) is 12.1. The zero-order valence-electron chi connectivity index (χ0n) is 20.9. The molecule has 0 aromatic heterocycles. The summed E-state index contributed by atoms with van der Waals surface area (Å²) in [5, 5.41) is 33.3. The Bertz CT molecular complexity index is 1030. The molecule has 200 valence electrons. The molecule has 1 aromatic rings. The summed E-state index contributed by atoms with van der Waals surface area (Å²) in [5.41, 5.74) is -0.246. The molecule has 2 heterocycles. The third kappa shape index (κ3) is 8.23. The van der Waals surface area contributed by atoms with Crippen LogP contribution in [0.15, 0.2) is 42.0 Å². The number of nitrogens with one attached hydrogen (secondary N) is 2. The molecule has 1 aromatic carbocycles. The number of benzene rings is 1. The zero-order valence-corrected chi connectivity index (χ0v) is 20.9. The maximum Gasteiger partial charge on any atom is 0.635 e. The lowest BCUT2D eigenvalue weighted by atomic mass is 9.99. The number of carbonyl (C=O) groups excluding carboxylic acids is 2. The fourth-order valence-electron chi connectivity index (χ4n) is 4.53. The monoisotopic (exact) mass is 519 g/mol. The second-order valence-corrected chi connectivity index (χ2v) is 9.85. The molecule has 2 atom stereocenters. The van der Waals surface area contributed by atoms with E-state index >= 15 is 0 Å². The standard InChI is InChI=1S/C24H32BF2N5O5/c1-23(2,32-11-9-24(26,27)16-32)13-18(14-28)21(33)31-10-8-19(15-31)29-22(34)30-20(37-25(35)36)12-17-6-4-3-5-7-17/h3-7,13,19-20,35-36H,8-12,15-16H2,1-2H3,(H2,29,30,34)/t19-,20+/m0/s1. The van der Waals surface area contributed by atoms with Crippen LogP contribution in [0.3, 0.4) is 0 Å². The summed E-state index contributed by atoms with van der Waals surface area (Å²) >= 11 is 0. The Labute approximate surface area is 215 Å². The molecule has 3 rings (SSSR count). The van der Waals surface area contributed by atoms with Gasteiger partial charge in [-0.3, -0.25) is 9.69 Å². The van der Waals surface area contributed by atoms with Gasteiger partial charge in [0.25, 0.3) is 11.8 Å². The molecule has 0 aliphatic carbocycles. The summed E-state index contributed by atoms with van der Waals surface area (Å²) in [5.74, 6) is -3.32. The largest absolute Gasteiger partial charge is 0.635 e. The second kappa shape index (κ2) is 12.0. The first-order valence-corrected chi connectivity index (χ1v) is 12.1. The van der Waals surface area contributed by atoms with Gasteiger partial charge >= 0.3 is 13.4 Å². The molecule has 2 saturated heterocycles. The Morgan fingerprint density at radius 2 is 2.03 bits per heavy atom. The van der Waals surface area contributed by atoms with Crippen LogP contribution in [0.5, 0.6) is 0 Å². The van der Waals surface area contributed by atoms with Crippen molar-refractivity contribution < 1.29 is 33.1 Å². The quantitative estimate of drug-likeness (QED) is 0.165. The molecule has 13 heteroatoms. The number of nitriles is 1. The topological polar surface area (TPSA) is 138 Å². The number of rotatable bonds is 9. The fourth-order valence-corrected chi connectivity index (χ4v) is 4.53. The van der Waals surface area contributed by atoms with Crippen LogP contribution in [0.4, 0.5) is 13.6 Å². The van der Waals surface area contributed by atoms with Crippen molar-refractivity contribution in [3.8, 4) is 6.07 Å². The summed E-state index contributed by atoms with van der Waals surface area (Å²) in [6, 6.07) is 9.90. The predicted molar refractivity (Wildman–Crippen MR) is 131 cm³/mol. The van der Waals surface area contributed by atoms with Gasteiger partial charge in [0.05, 0.1) is 6.54 Å². The number of amides is 3. The van der Waals surface area contributed by atoms with E-state index in [1.165, 1.54) is 11.0 Å². The fraction of sp³-hybridized carbons (Fsp3) is 0.542. The van der Waals surface area contributed by atoms with Gasteiger partial charge in [0.2, 0.25) is 0 Å². The Morgan fingerprint density at radius 3 is 2.62 bits per heavy atom. The maximum absolute atomic E-state index is 13.7. The molecule has 0 radical (unpaired) electrons. The minimum absolute atomic E-state index is 0.140. The van der Waals surface area contributed by atoms with Crippen LogP contribution in [0, 0.1) is 11.3 Å². The van der Waals surface area contributed by atoms with Crippen LogP contribution in [0.2, 0.25) is 0 Å². The molecule has 10 nitrogen and oxygen atoms in total. The molecule has 0 saturated carbocycles. The van der Waals surface area contributed by atoms with Crippen molar-refractivity contribution in [2.45, 2.75) is 56.8 Å². The molecule has 37 heavy (non-hydrogen) atoms. The van der Waals surface area contributed by atoms with Crippen molar-refractivity contribution in [1.82, 2.24) is 20.4 Å². The average molecular weight is 519 g/mol. The van der Waals surface area contributed by atoms with E-state index in [9.17, 15) is 33.7 Å². The van der Waals surface area contributed by atoms with Crippen molar-refractivity contribution in [3.05, 3.63) is 47.5 Å². The second-order valence-electron chi connectivity index (χ2n) is 9.85. The molecule has 2 fully saturated rings. The van der Waals surface area contributed by atoms with Crippen LogP contribution in [-0.2, 0) is 15.9 Å². The van der Waals surface area contributed by atoms with Crippen molar-refractivity contribution >= 4 is 19.3 Å². The highest BCUT2D eigenvalue weighted by Gasteiger charge is 2.43. The van der Waals surface area contributed by atoms with Gasteiger partial charge in [-0.05, 0) is 31.9 Å². The van der Waals surface area contributed by atoms with E-state index in [1.807, 2.05) is 12.1 Å². The Morgan fingerprint density at radius 1 is 1.32 bits per heavy atom. The highest BCUT2D eigenvalue weighted by Crippen LogP contribution is 2.33. The number of halogens is 2. The van der Waals surface area contributed by atoms with E-state index in [0.29, 0.717) is 13.0 Å². The normalized spacial score (nSPS) is 20.8. The van der Waals surface area contributed by atoms with Gasteiger partial charge in [-0.15, -0.1) is 0 Å². The molecule has 2 aliphatic heterocycles. The lowest BCUT2D eigenvalue weighted by Gasteiger charge is -2.33. The summed E-state index contributed by atoms with van der Waals surface area (Å²) in [7, 11) is -2.08. The van der Waals surface area contributed by atoms with Crippen LogP contribution >= 0.6 is 0 Å². The number of hydrogen-bond donors (Lipinski definition) is 4. The summed E-state index contributed by atoms with van der Waals surface area (Å²) in [6.07, 6.45) is 0.768. The molecule has 2 aliphatic rings. The van der Waals surface area contributed by atoms with E-state index in [-0.39, 0.29) is 31.5 Å². The molecule has 0 bridgehead atoms. The molecule has 0 spiro atoms. The summed E-state index contributed by atoms with van der Waals surface area (Å²) in [4.78, 5) is 28.5. The van der Waals surface area contributed by atoms with Gasteiger partial charge in [0, 0.05) is 44.1 Å². The molecular weight excluding hydrogens is 487 g/mol. The number of carbonyl (C=O) groups is 2. The SMILES string of the molecule is CC(C)(C=C(C#N)C(=O)N1CC[C@H](NC(=O)N[C@@H](Cc2ccccc2)OB(O)O)C1)N1CCC(F)(F)C1. The van der Waals surface area contributed by atoms with Crippen LogP contribution in [0.1, 0.15) is 32.3 Å². The third-order valence-corrected chi connectivity index (χ3v) is 6.49. The Kier molecular flexibility index (Phi) is 9.25. The minimum Gasteiger partial charge on any atom is -0.402 e. The van der Waals surface area contributed by atoms with Crippen LogP contribution in [-0.4, -0.2) is 89.0 Å². The molecular formula is C24H32BF2N5O5. The lowest BCUT2D eigenvalue weighted by Crippen LogP contribution is -2.50. The maximum atomic E-state index is 13.7. The van der Waals surface area contributed by atoms with Gasteiger partial charge in [-0.1, -0.05) is 30.3 Å². The highest BCUT2D eigenvalue weighted by atomic mass is 19.3. The van der Waals surface area contributed by atoms with Gasteiger partial charge in [-0.25, -0.2) is 13.6 Å². The van der Waals surface area contributed by atoms with Crippen molar-refractivity contribution in [2.24, 2.45) is 0 Å².